The molecule has 2 heterocycles. The molecule has 164 valence electrons. The van der Waals surface area contributed by atoms with Crippen LogP contribution in [0.15, 0.2) is 48.5 Å². The number of anilines is 2. The van der Waals surface area contributed by atoms with E-state index in [0.29, 0.717) is 24.6 Å². The van der Waals surface area contributed by atoms with E-state index in [2.05, 4.69) is 5.32 Å². The van der Waals surface area contributed by atoms with Crippen molar-refractivity contribution in [2.75, 3.05) is 43.0 Å². The first-order valence-corrected chi connectivity index (χ1v) is 11.0. The number of ether oxygens (including phenoxy) is 2. The molecule has 0 radical (unpaired) electrons. The predicted octanol–water partition coefficient (Wildman–Crippen LogP) is 3.30. The minimum absolute atomic E-state index is 0.00567. The molecule has 31 heavy (non-hydrogen) atoms. The number of nitrogens with zero attached hydrogens (tertiary/aromatic N) is 2. The first-order valence-electron chi connectivity index (χ1n) is 11.0. The Labute approximate surface area is 182 Å². The molecule has 1 fully saturated rings. The Morgan fingerprint density at radius 1 is 1.06 bits per heavy atom. The summed E-state index contributed by atoms with van der Waals surface area (Å²) in [6.45, 7) is 4.57. The number of carbonyl (C=O) groups excluding carboxylic acids is 2. The number of rotatable bonds is 6. The lowest BCUT2D eigenvalue weighted by molar-refractivity contribution is -0.139. The van der Waals surface area contributed by atoms with Gasteiger partial charge in [0, 0.05) is 18.8 Å². The van der Waals surface area contributed by atoms with E-state index in [1.54, 1.807) is 0 Å². The van der Waals surface area contributed by atoms with Gasteiger partial charge in [-0.25, -0.2) is 0 Å². The number of carbonyl (C=O) groups is 2. The zero-order valence-electron chi connectivity index (χ0n) is 17.9. The molecule has 4 rings (SSSR count). The molecule has 2 aliphatic heterocycles. The second-order valence-corrected chi connectivity index (χ2v) is 7.85. The van der Waals surface area contributed by atoms with Crippen LogP contribution in [0, 0.1) is 0 Å². The minimum Gasteiger partial charge on any atom is -0.494 e. The van der Waals surface area contributed by atoms with Crippen molar-refractivity contribution in [3.63, 3.8) is 0 Å². The summed E-state index contributed by atoms with van der Waals surface area (Å²) in [5.74, 6) is 1.26. The number of fused-ring (bicyclic) bond motifs is 1. The van der Waals surface area contributed by atoms with Crippen molar-refractivity contribution in [1.29, 1.82) is 0 Å². The Hall–Kier alpha value is -3.22. The highest BCUT2D eigenvalue weighted by Crippen LogP contribution is 2.33. The lowest BCUT2D eigenvalue weighted by Gasteiger charge is -2.38. The number of amides is 2. The Bertz CT molecular complexity index is 909. The number of piperidine rings is 1. The largest absolute Gasteiger partial charge is 0.494 e. The molecule has 0 saturated carbocycles. The third-order valence-electron chi connectivity index (χ3n) is 5.59. The van der Waals surface area contributed by atoms with E-state index in [0.717, 1.165) is 43.8 Å². The van der Waals surface area contributed by atoms with Gasteiger partial charge in [-0.3, -0.25) is 9.59 Å². The van der Waals surface area contributed by atoms with Crippen molar-refractivity contribution >= 4 is 23.2 Å². The van der Waals surface area contributed by atoms with Gasteiger partial charge in [-0.05, 0) is 62.6 Å². The van der Waals surface area contributed by atoms with Gasteiger partial charge in [0.15, 0.2) is 6.10 Å². The Kier molecular flexibility index (Phi) is 6.60. The van der Waals surface area contributed by atoms with E-state index < -0.39 is 6.10 Å². The van der Waals surface area contributed by atoms with Gasteiger partial charge in [-0.2, -0.15) is 0 Å². The van der Waals surface area contributed by atoms with E-state index in [-0.39, 0.29) is 18.4 Å². The molecule has 1 saturated heterocycles. The fourth-order valence-corrected chi connectivity index (χ4v) is 4.08. The quantitative estimate of drug-likeness (QED) is 0.772. The smallest absolute Gasteiger partial charge is 0.265 e. The van der Waals surface area contributed by atoms with E-state index in [1.165, 1.54) is 0 Å². The molecule has 1 N–H and O–H groups in total. The first kappa shape index (κ1) is 21.0. The zero-order valence-corrected chi connectivity index (χ0v) is 17.9. The van der Waals surface area contributed by atoms with Gasteiger partial charge in [-0.15, -0.1) is 0 Å². The third-order valence-corrected chi connectivity index (χ3v) is 5.59. The maximum Gasteiger partial charge on any atom is 0.265 e. The number of nitrogens with one attached hydrogen (secondary N) is 1. The summed E-state index contributed by atoms with van der Waals surface area (Å²) in [6, 6.07) is 14.9. The molecule has 7 nitrogen and oxygen atoms in total. The fraction of sp³-hybridized carbons (Fsp3) is 0.417. The molecule has 1 atom stereocenters. The van der Waals surface area contributed by atoms with Crippen LogP contribution in [0.3, 0.4) is 0 Å². The number of para-hydroxylation sites is 2. The molecule has 0 aliphatic carbocycles. The van der Waals surface area contributed by atoms with Crippen molar-refractivity contribution in [2.45, 2.75) is 32.3 Å². The summed E-state index contributed by atoms with van der Waals surface area (Å²) in [4.78, 5) is 29.6. The van der Waals surface area contributed by atoms with Crippen molar-refractivity contribution in [2.24, 2.45) is 0 Å². The molecular formula is C24H29N3O4. The monoisotopic (exact) mass is 423 g/mol. The number of likely N-dealkylation sites (tertiary alicyclic amines) is 1. The summed E-state index contributed by atoms with van der Waals surface area (Å²) >= 11 is 0. The van der Waals surface area contributed by atoms with Crippen LogP contribution in [0.2, 0.25) is 0 Å². The van der Waals surface area contributed by atoms with E-state index in [1.807, 2.05) is 65.3 Å². The van der Waals surface area contributed by atoms with Gasteiger partial charge in [0.25, 0.3) is 5.91 Å². The van der Waals surface area contributed by atoms with Crippen LogP contribution in [0.1, 0.15) is 26.2 Å². The summed E-state index contributed by atoms with van der Waals surface area (Å²) in [6.07, 6.45) is 2.62. The predicted molar refractivity (Wildman–Crippen MR) is 120 cm³/mol. The summed E-state index contributed by atoms with van der Waals surface area (Å²) in [5.41, 5.74) is 1.53. The maximum atomic E-state index is 13.0. The van der Waals surface area contributed by atoms with Crippen molar-refractivity contribution in [3.8, 4) is 11.5 Å². The molecule has 2 aromatic rings. The maximum absolute atomic E-state index is 13.0. The van der Waals surface area contributed by atoms with Crippen LogP contribution in [0.5, 0.6) is 11.5 Å². The first-order chi connectivity index (χ1) is 15.1. The van der Waals surface area contributed by atoms with Crippen LogP contribution >= 0.6 is 0 Å². The van der Waals surface area contributed by atoms with Crippen LogP contribution < -0.4 is 19.7 Å². The Morgan fingerprint density at radius 2 is 1.81 bits per heavy atom. The average Bonchev–Trinajstić information content (AvgIpc) is 2.80. The topological polar surface area (TPSA) is 71.1 Å². The van der Waals surface area contributed by atoms with Gasteiger partial charge in [0.2, 0.25) is 5.91 Å². The van der Waals surface area contributed by atoms with Crippen LogP contribution in [-0.2, 0) is 9.59 Å². The molecular weight excluding hydrogens is 394 g/mol. The lowest BCUT2D eigenvalue weighted by Crippen LogP contribution is -2.52. The van der Waals surface area contributed by atoms with Crippen molar-refractivity contribution in [3.05, 3.63) is 48.5 Å². The molecule has 2 amide bonds. The SMILES string of the molecule is CCOc1ccc(NC(=O)CN2CC(C(=O)N3CCCCC3)Oc3ccccc32)cc1. The van der Waals surface area contributed by atoms with Gasteiger partial charge < -0.3 is 24.6 Å². The fourth-order valence-electron chi connectivity index (χ4n) is 4.08. The van der Waals surface area contributed by atoms with Crippen molar-refractivity contribution < 1.29 is 19.1 Å². The average molecular weight is 424 g/mol. The lowest BCUT2D eigenvalue weighted by atomic mass is 10.1. The number of hydrogen-bond donors (Lipinski definition) is 1. The molecule has 2 aliphatic rings. The summed E-state index contributed by atoms with van der Waals surface area (Å²) in [5, 5.41) is 2.92. The second kappa shape index (κ2) is 9.73. The highest BCUT2D eigenvalue weighted by Gasteiger charge is 2.34. The Balaban J connectivity index is 1.44. The standard InChI is InChI=1S/C24H29N3O4/c1-2-30-19-12-10-18(11-13-19)25-23(28)17-27-16-22(24(29)26-14-6-3-7-15-26)31-21-9-5-4-8-20(21)27/h4-5,8-13,22H,2-3,6-7,14-17H2,1H3,(H,25,28). The van der Waals surface area contributed by atoms with Crippen LogP contribution in [0.4, 0.5) is 11.4 Å². The molecule has 0 bridgehead atoms. The third kappa shape index (κ3) is 5.10. The van der Waals surface area contributed by atoms with Crippen molar-refractivity contribution in [1.82, 2.24) is 4.90 Å². The molecule has 0 aromatic heterocycles. The molecule has 7 heteroatoms. The van der Waals surface area contributed by atoms with Gasteiger partial charge in [0.05, 0.1) is 25.4 Å². The van der Waals surface area contributed by atoms with Gasteiger partial charge in [0.1, 0.15) is 11.5 Å². The number of hydrogen-bond acceptors (Lipinski definition) is 5. The molecule has 1 unspecified atom stereocenters. The van der Waals surface area contributed by atoms with Crippen LogP contribution in [-0.4, -0.2) is 55.6 Å². The van der Waals surface area contributed by atoms with E-state index >= 15 is 0 Å². The highest BCUT2D eigenvalue weighted by molar-refractivity contribution is 5.95. The summed E-state index contributed by atoms with van der Waals surface area (Å²) < 4.78 is 11.5. The molecule has 2 aromatic carbocycles. The van der Waals surface area contributed by atoms with E-state index in [4.69, 9.17) is 9.47 Å². The molecule has 0 spiro atoms. The zero-order chi connectivity index (χ0) is 21.6. The minimum atomic E-state index is -0.605. The van der Waals surface area contributed by atoms with E-state index in [9.17, 15) is 9.59 Å². The van der Waals surface area contributed by atoms with Crippen LogP contribution in [0.25, 0.3) is 0 Å². The van der Waals surface area contributed by atoms with Gasteiger partial charge in [-0.1, -0.05) is 12.1 Å². The number of benzene rings is 2. The normalized spacial score (nSPS) is 18.0. The second-order valence-electron chi connectivity index (χ2n) is 7.85. The van der Waals surface area contributed by atoms with Gasteiger partial charge >= 0.3 is 0 Å². The summed E-state index contributed by atoms with van der Waals surface area (Å²) in [7, 11) is 0. The Morgan fingerprint density at radius 3 is 2.55 bits per heavy atom. The highest BCUT2D eigenvalue weighted by atomic mass is 16.5.